The smallest absolute Gasteiger partial charge is 0.274 e. The van der Waals surface area contributed by atoms with Gasteiger partial charge < -0.3 is 11.1 Å². The van der Waals surface area contributed by atoms with Gasteiger partial charge in [-0.2, -0.15) is 5.10 Å². The summed E-state index contributed by atoms with van der Waals surface area (Å²) < 4.78 is 0. The molecule has 2 aliphatic rings. The van der Waals surface area contributed by atoms with E-state index in [1.54, 1.807) is 0 Å². The summed E-state index contributed by atoms with van der Waals surface area (Å²) in [5, 5.41) is 9.70. The number of hydrogen-bond acceptors (Lipinski definition) is 4. The normalized spacial score (nSPS) is 24.4. The molecule has 1 aromatic heterocycles. The van der Waals surface area contributed by atoms with Crippen LogP contribution in [0.1, 0.15) is 35.4 Å². The quantitative estimate of drug-likeness (QED) is 0.717. The number of likely N-dealkylation sites (tertiary alicyclic amines) is 1. The van der Waals surface area contributed by atoms with Crippen molar-refractivity contribution < 1.29 is 4.79 Å². The van der Waals surface area contributed by atoms with Crippen molar-refractivity contribution in [2.24, 2.45) is 0 Å². The molecule has 1 aliphatic carbocycles. The Kier molecular flexibility index (Phi) is 2.74. The van der Waals surface area contributed by atoms with Gasteiger partial charge in [-0.05, 0) is 26.2 Å². The van der Waals surface area contributed by atoms with E-state index in [9.17, 15) is 4.79 Å². The molecule has 2 fully saturated rings. The second kappa shape index (κ2) is 4.28. The highest BCUT2D eigenvalue weighted by Crippen LogP contribution is 2.29. The van der Waals surface area contributed by atoms with Crippen LogP contribution in [0.4, 0.5) is 5.69 Å². The number of H-pyrrole nitrogens is 1. The highest BCUT2D eigenvalue weighted by atomic mass is 16.2. The number of nitrogen functional groups attached to an aromatic ring is 1. The number of aromatic amines is 1. The number of carbonyl (C=O) groups excluding carboxylic acids is 1. The van der Waals surface area contributed by atoms with Gasteiger partial charge in [0.15, 0.2) is 5.69 Å². The maximum atomic E-state index is 12.0. The third kappa shape index (κ3) is 2.08. The molecule has 6 nitrogen and oxygen atoms in total. The summed E-state index contributed by atoms with van der Waals surface area (Å²) in [5.74, 6) is -0.167. The number of amides is 1. The monoisotopic (exact) mass is 249 g/mol. The Balaban J connectivity index is 1.59. The molecule has 1 aromatic rings. The van der Waals surface area contributed by atoms with Crippen molar-refractivity contribution in [2.45, 2.75) is 38.3 Å². The first-order chi connectivity index (χ1) is 8.65. The topological polar surface area (TPSA) is 87.0 Å². The molecule has 1 saturated heterocycles. The van der Waals surface area contributed by atoms with Crippen LogP contribution >= 0.6 is 0 Å². The summed E-state index contributed by atoms with van der Waals surface area (Å²) in [6.07, 6.45) is 3.64. The van der Waals surface area contributed by atoms with Gasteiger partial charge in [0, 0.05) is 25.2 Å². The van der Waals surface area contributed by atoms with Crippen molar-refractivity contribution in [3.05, 3.63) is 11.4 Å². The molecule has 1 amide bonds. The first-order valence-corrected chi connectivity index (χ1v) is 6.50. The lowest BCUT2D eigenvalue weighted by Gasteiger charge is -2.15. The largest absolute Gasteiger partial charge is 0.395 e. The maximum Gasteiger partial charge on any atom is 0.274 e. The fourth-order valence-corrected chi connectivity index (χ4v) is 2.54. The number of carbonyl (C=O) groups is 1. The van der Waals surface area contributed by atoms with E-state index in [4.69, 9.17) is 5.73 Å². The second-order valence-electron chi connectivity index (χ2n) is 5.30. The van der Waals surface area contributed by atoms with Gasteiger partial charge in [-0.3, -0.25) is 14.8 Å². The average Bonchev–Trinajstić information content (AvgIpc) is 3.01. The molecule has 1 saturated carbocycles. The van der Waals surface area contributed by atoms with Gasteiger partial charge in [0.25, 0.3) is 5.91 Å². The third-order valence-corrected chi connectivity index (χ3v) is 3.83. The molecule has 6 heteroatoms. The highest BCUT2D eigenvalue weighted by Gasteiger charge is 2.35. The molecule has 0 aromatic carbocycles. The molecule has 3 rings (SSSR count). The summed E-state index contributed by atoms with van der Waals surface area (Å²) >= 11 is 0. The van der Waals surface area contributed by atoms with Crippen molar-refractivity contribution in [1.29, 1.82) is 0 Å². The first kappa shape index (κ1) is 11.5. The van der Waals surface area contributed by atoms with Gasteiger partial charge in [-0.1, -0.05) is 0 Å². The number of aryl methyl sites for hydroxylation is 1. The van der Waals surface area contributed by atoms with E-state index >= 15 is 0 Å². The Labute approximate surface area is 106 Å². The predicted molar refractivity (Wildman–Crippen MR) is 68.2 cm³/mol. The molecular weight excluding hydrogens is 230 g/mol. The van der Waals surface area contributed by atoms with Crippen molar-refractivity contribution in [3.63, 3.8) is 0 Å². The van der Waals surface area contributed by atoms with Crippen LogP contribution in [-0.2, 0) is 0 Å². The van der Waals surface area contributed by atoms with Crippen molar-refractivity contribution in [1.82, 2.24) is 20.4 Å². The van der Waals surface area contributed by atoms with Crippen LogP contribution in [0.5, 0.6) is 0 Å². The number of rotatable bonds is 3. The summed E-state index contributed by atoms with van der Waals surface area (Å²) in [6, 6.07) is 0.999. The molecule has 18 heavy (non-hydrogen) atoms. The predicted octanol–water partition coefficient (Wildman–Crippen LogP) is 0.267. The van der Waals surface area contributed by atoms with Gasteiger partial charge in [-0.25, -0.2) is 0 Å². The van der Waals surface area contributed by atoms with E-state index in [0.29, 0.717) is 11.4 Å². The summed E-state index contributed by atoms with van der Waals surface area (Å²) in [5.41, 5.74) is 7.31. The van der Waals surface area contributed by atoms with Gasteiger partial charge in [0.1, 0.15) is 0 Å². The van der Waals surface area contributed by atoms with E-state index in [1.165, 1.54) is 12.8 Å². The Hall–Kier alpha value is -1.56. The lowest BCUT2D eigenvalue weighted by Crippen LogP contribution is -2.37. The second-order valence-corrected chi connectivity index (χ2v) is 5.30. The van der Waals surface area contributed by atoms with E-state index in [-0.39, 0.29) is 11.9 Å². The molecule has 4 N–H and O–H groups in total. The van der Waals surface area contributed by atoms with Crippen LogP contribution in [0.3, 0.4) is 0 Å². The average molecular weight is 249 g/mol. The minimum absolute atomic E-state index is 0.167. The SMILES string of the molecule is Cc1[nH]nc(C(=O)NC2CCN(C3CC3)C2)c1N. The van der Waals surface area contributed by atoms with Gasteiger partial charge in [0.2, 0.25) is 0 Å². The zero-order chi connectivity index (χ0) is 12.7. The molecule has 2 heterocycles. The lowest BCUT2D eigenvalue weighted by molar-refractivity contribution is 0.0933. The van der Waals surface area contributed by atoms with Crippen LogP contribution in [-0.4, -0.2) is 46.2 Å². The molecular formula is C12H19N5O. The van der Waals surface area contributed by atoms with Crippen LogP contribution in [0.15, 0.2) is 0 Å². The van der Waals surface area contributed by atoms with Crippen LogP contribution in [0.25, 0.3) is 0 Å². The van der Waals surface area contributed by atoms with Crippen molar-refractivity contribution in [2.75, 3.05) is 18.8 Å². The van der Waals surface area contributed by atoms with Gasteiger partial charge in [0.05, 0.1) is 11.4 Å². The molecule has 0 spiro atoms. The Bertz CT molecular complexity index is 465. The number of nitrogens with zero attached hydrogens (tertiary/aromatic N) is 2. The third-order valence-electron chi connectivity index (χ3n) is 3.83. The lowest BCUT2D eigenvalue weighted by atomic mass is 10.2. The Morgan fingerprint density at radius 1 is 1.50 bits per heavy atom. The molecule has 98 valence electrons. The summed E-state index contributed by atoms with van der Waals surface area (Å²) in [4.78, 5) is 14.5. The zero-order valence-electron chi connectivity index (χ0n) is 10.6. The van der Waals surface area contributed by atoms with E-state index in [2.05, 4.69) is 20.4 Å². The molecule has 0 radical (unpaired) electrons. The molecule has 1 unspecified atom stereocenters. The minimum Gasteiger partial charge on any atom is -0.395 e. The molecule has 1 aliphatic heterocycles. The van der Waals surface area contributed by atoms with E-state index in [1.807, 2.05) is 6.92 Å². The zero-order valence-corrected chi connectivity index (χ0v) is 10.6. The fourth-order valence-electron chi connectivity index (χ4n) is 2.54. The first-order valence-electron chi connectivity index (χ1n) is 6.50. The minimum atomic E-state index is -0.167. The maximum absolute atomic E-state index is 12.0. The van der Waals surface area contributed by atoms with Crippen molar-refractivity contribution >= 4 is 11.6 Å². The van der Waals surface area contributed by atoms with E-state index in [0.717, 1.165) is 31.2 Å². The Morgan fingerprint density at radius 2 is 2.28 bits per heavy atom. The van der Waals surface area contributed by atoms with E-state index < -0.39 is 0 Å². The fraction of sp³-hybridized carbons (Fsp3) is 0.667. The summed E-state index contributed by atoms with van der Waals surface area (Å²) in [7, 11) is 0. The van der Waals surface area contributed by atoms with Crippen LogP contribution < -0.4 is 11.1 Å². The highest BCUT2D eigenvalue weighted by molar-refractivity contribution is 5.97. The van der Waals surface area contributed by atoms with Crippen molar-refractivity contribution in [3.8, 4) is 0 Å². The van der Waals surface area contributed by atoms with Crippen LogP contribution in [0.2, 0.25) is 0 Å². The standard InChI is InChI=1S/C12H19N5O/c1-7-10(13)11(16-15-7)12(18)14-8-4-5-17(6-8)9-2-3-9/h8-9H,2-6,13H2,1H3,(H,14,18)(H,15,16). The van der Waals surface area contributed by atoms with Gasteiger partial charge >= 0.3 is 0 Å². The summed E-state index contributed by atoms with van der Waals surface area (Å²) in [6.45, 7) is 3.86. The number of nitrogens with two attached hydrogens (primary N) is 1. The number of aromatic nitrogens is 2. The molecule has 1 atom stereocenters. The molecule has 0 bridgehead atoms. The number of anilines is 1. The number of hydrogen-bond donors (Lipinski definition) is 3. The van der Waals surface area contributed by atoms with Gasteiger partial charge in [-0.15, -0.1) is 0 Å². The van der Waals surface area contributed by atoms with Crippen LogP contribution in [0, 0.1) is 6.92 Å². The number of nitrogens with one attached hydrogen (secondary N) is 2. The Morgan fingerprint density at radius 3 is 2.89 bits per heavy atom.